The average Bonchev–Trinajstić information content (AvgIpc) is 2.01. The van der Waals surface area contributed by atoms with E-state index < -0.39 is 11.8 Å². The van der Waals surface area contributed by atoms with Crippen molar-refractivity contribution < 1.29 is 14.3 Å². The summed E-state index contributed by atoms with van der Waals surface area (Å²) in [7, 11) is 0. The smallest absolute Gasteiger partial charge is 0.374 e. The second-order valence-electron chi connectivity index (χ2n) is 3.69. The number of esters is 1. The zero-order valence-electron chi connectivity index (χ0n) is 9.13. The summed E-state index contributed by atoms with van der Waals surface area (Å²) < 4.78 is 4.76. The van der Waals surface area contributed by atoms with Crippen LogP contribution in [-0.4, -0.2) is 17.9 Å². The van der Waals surface area contributed by atoms with Crippen molar-refractivity contribution in [2.75, 3.05) is 0 Å². The molecular formula is C11H18O3. The maximum Gasteiger partial charge on any atom is 0.374 e. The molecule has 0 bridgehead atoms. The van der Waals surface area contributed by atoms with E-state index in [9.17, 15) is 9.59 Å². The Bertz CT molecular complexity index is 229. The Hall–Kier alpha value is -1.12. The van der Waals surface area contributed by atoms with Crippen LogP contribution in [0.15, 0.2) is 12.2 Å². The summed E-state index contributed by atoms with van der Waals surface area (Å²) in [5.41, 5.74) is 1.02. The van der Waals surface area contributed by atoms with E-state index in [0.717, 1.165) is 12.0 Å². The van der Waals surface area contributed by atoms with Crippen LogP contribution in [0.1, 0.15) is 40.0 Å². The van der Waals surface area contributed by atoms with Gasteiger partial charge in [0.1, 0.15) is 0 Å². The van der Waals surface area contributed by atoms with Crippen LogP contribution in [0.2, 0.25) is 0 Å². The monoisotopic (exact) mass is 198 g/mol. The van der Waals surface area contributed by atoms with Crippen molar-refractivity contribution in [1.82, 2.24) is 0 Å². The standard InChI is InChI=1S/C11H18O3/c1-8(2)6-5-7-10(12)11(13)14-9(3)4/h9H,1,5-7H2,2-4H3. The van der Waals surface area contributed by atoms with Gasteiger partial charge in [-0.25, -0.2) is 4.79 Å². The molecule has 0 rings (SSSR count). The first-order valence-electron chi connectivity index (χ1n) is 4.81. The molecule has 0 aliphatic carbocycles. The Morgan fingerprint density at radius 1 is 1.29 bits per heavy atom. The lowest BCUT2D eigenvalue weighted by molar-refractivity contribution is -0.156. The van der Waals surface area contributed by atoms with Crippen LogP contribution in [0.25, 0.3) is 0 Å². The zero-order chi connectivity index (χ0) is 11.1. The lowest BCUT2D eigenvalue weighted by atomic mass is 10.1. The molecule has 3 nitrogen and oxygen atoms in total. The van der Waals surface area contributed by atoms with Gasteiger partial charge in [-0.2, -0.15) is 0 Å². The molecule has 0 N–H and O–H groups in total. The molecule has 0 aliphatic rings. The minimum atomic E-state index is -0.721. The number of hydrogen-bond donors (Lipinski definition) is 0. The van der Waals surface area contributed by atoms with Crippen molar-refractivity contribution in [3.63, 3.8) is 0 Å². The van der Waals surface area contributed by atoms with Crippen LogP contribution < -0.4 is 0 Å². The van der Waals surface area contributed by atoms with Crippen molar-refractivity contribution in [3.8, 4) is 0 Å². The van der Waals surface area contributed by atoms with Crippen molar-refractivity contribution in [2.24, 2.45) is 0 Å². The molecule has 0 unspecified atom stereocenters. The van der Waals surface area contributed by atoms with Gasteiger partial charge in [-0.05, 0) is 33.6 Å². The predicted molar refractivity (Wildman–Crippen MR) is 54.9 cm³/mol. The lowest BCUT2D eigenvalue weighted by Crippen LogP contribution is -2.20. The second-order valence-corrected chi connectivity index (χ2v) is 3.69. The van der Waals surface area contributed by atoms with Gasteiger partial charge < -0.3 is 4.74 Å². The molecule has 3 heteroatoms. The number of carbonyl (C=O) groups is 2. The summed E-state index contributed by atoms with van der Waals surface area (Å²) >= 11 is 0. The highest BCUT2D eigenvalue weighted by Crippen LogP contribution is 2.05. The zero-order valence-corrected chi connectivity index (χ0v) is 9.13. The molecule has 0 saturated heterocycles. The van der Waals surface area contributed by atoms with Crippen LogP contribution in [0.5, 0.6) is 0 Å². The van der Waals surface area contributed by atoms with Crippen molar-refractivity contribution in [1.29, 1.82) is 0 Å². The van der Waals surface area contributed by atoms with Crippen LogP contribution in [0.4, 0.5) is 0 Å². The minimum Gasteiger partial charge on any atom is -0.457 e. The quantitative estimate of drug-likeness (QED) is 0.373. The fourth-order valence-corrected chi connectivity index (χ4v) is 0.933. The molecule has 0 aliphatic heterocycles. The van der Waals surface area contributed by atoms with Gasteiger partial charge in [0.25, 0.3) is 0 Å². The fraction of sp³-hybridized carbons (Fsp3) is 0.636. The van der Waals surface area contributed by atoms with Gasteiger partial charge in [0.15, 0.2) is 0 Å². The molecule has 0 spiro atoms. The third-order valence-electron chi connectivity index (χ3n) is 1.58. The maximum atomic E-state index is 11.2. The molecule has 0 heterocycles. The summed E-state index contributed by atoms with van der Waals surface area (Å²) in [5.74, 6) is -1.17. The van der Waals surface area contributed by atoms with E-state index in [4.69, 9.17) is 4.74 Å². The third-order valence-corrected chi connectivity index (χ3v) is 1.58. The normalized spacial score (nSPS) is 10.0. The highest BCUT2D eigenvalue weighted by atomic mass is 16.5. The maximum absolute atomic E-state index is 11.2. The van der Waals surface area contributed by atoms with Gasteiger partial charge in [-0.3, -0.25) is 4.79 Å². The summed E-state index contributed by atoms with van der Waals surface area (Å²) in [4.78, 5) is 22.2. The average molecular weight is 198 g/mol. The van der Waals surface area contributed by atoms with Gasteiger partial charge in [0, 0.05) is 6.42 Å². The van der Waals surface area contributed by atoms with Crippen molar-refractivity contribution in [2.45, 2.75) is 46.1 Å². The second kappa shape index (κ2) is 6.35. The van der Waals surface area contributed by atoms with Gasteiger partial charge in [-0.15, -0.1) is 6.58 Å². The molecule has 0 aromatic rings. The SMILES string of the molecule is C=C(C)CCCC(=O)C(=O)OC(C)C. The topological polar surface area (TPSA) is 43.4 Å². The highest BCUT2D eigenvalue weighted by Gasteiger charge is 2.15. The Morgan fingerprint density at radius 3 is 2.29 bits per heavy atom. The number of Topliss-reactive ketones (excluding diaryl/α,β-unsaturated/α-hetero) is 1. The molecule has 14 heavy (non-hydrogen) atoms. The fourth-order valence-electron chi connectivity index (χ4n) is 0.933. The minimum absolute atomic E-state index is 0.229. The van der Waals surface area contributed by atoms with E-state index in [2.05, 4.69) is 6.58 Å². The molecule has 0 amide bonds. The first kappa shape index (κ1) is 12.9. The number of allylic oxidation sites excluding steroid dienone is 1. The largest absolute Gasteiger partial charge is 0.457 e. The highest BCUT2D eigenvalue weighted by molar-refractivity contribution is 6.33. The van der Waals surface area contributed by atoms with Crippen LogP contribution >= 0.6 is 0 Å². The lowest BCUT2D eigenvalue weighted by Gasteiger charge is -2.06. The van der Waals surface area contributed by atoms with Crippen LogP contribution in [0, 0.1) is 0 Å². The molecule has 0 atom stereocenters. The van der Waals surface area contributed by atoms with E-state index >= 15 is 0 Å². The Balaban J connectivity index is 3.73. The van der Waals surface area contributed by atoms with Crippen LogP contribution in [-0.2, 0) is 14.3 Å². The van der Waals surface area contributed by atoms with Crippen LogP contribution in [0.3, 0.4) is 0 Å². The molecule has 0 saturated carbocycles. The predicted octanol–water partition coefficient (Wildman–Crippen LogP) is 2.25. The number of ether oxygens (including phenoxy) is 1. The van der Waals surface area contributed by atoms with Gasteiger partial charge in [0.2, 0.25) is 5.78 Å². The Morgan fingerprint density at radius 2 is 1.86 bits per heavy atom. The van der Waals surface area contributed by atoms with E-state index in [-0.39, 0.29) is 12.5 Å². The van der Waals surface area contributed by atoms with Gasteiger partial charge in [0.05, 0.1) is 6.10 Å². The Kier molecular flexibility index (Phi) is 5.84. The van der Waals surface area contributed by atoms with E-state index in [1.54, 1.807) is 13.8 Å². The molecule has 0 aromatic carbocycles. The van der Waals surface area contributed by atoms with E-state index in [0.29, 0.717) is 6.42 Å². The molecule has 80 valence electrons. The summed E-state index contributed by atoms with van der Waals surface area (Å²) in [6, 6.07) is 0. The Labute approximate surface area is 85.1 Å². The van der Waals surface area contributed by atoms with E-state index in [1.807, 2.05) is 6.92 Å². The molecule has 0 radical (unpaired) electrons. The summed E-state index contributed by atoms with van der Waals surface area (Å²) in [5, 5.41) is 0. The number of rotatable bonds is 6. The number of hydrogen-bond acceptors (Lipinski definition) is 3. The summed E-state index contributed by atoms with van der Waals surface area (Å²) in [6.07, 6.45) is 1.47. The van der Waals surface area contributed by atoms with Gasteiger partial charge >= 0.3 is 5.97 Å². The first-order chi connectivity index (χ1) is 6.43. The molecular weight excluding hydrogens is 180 g/mol. The summed E-state index contributed by atoms with van der Waals surface area (Å²) in [6.45, 7) is 9.06. The molecule has 0 fully saturated rings. The van der Waals surface area contributed by atoms with Crippen molar-refractivity contribution in [3.05, 3.63) is 12.2 Å². The third kappa shape index (κ3) is 6.40. The molecule has 0 aromatic heterocycles. The van der Waals surface area contributed by atoms with Gasteiger partial charge in [-0.1, -0.05) is 5.57 Å². The first-order valence-corrected chi connectivity index (χ1v) is 4.81. The number of carbonyl (C=O) groups excluding carboxylic acids is 2. The van der Waals surface area contributed by atoms with Crippen molar-refractivity contribution >= 4 is 11.8 Å². The van der Waals surface area contributed by atoms with E-state index in [1.165, 1.54) is 0 Å². The number of ketones is 1.